The second-order valence-corrected chi connectivity index (χ2v) is 5.08. The van der Waals surface area contributed by atoms with Gasteiger partial charge in [0.1, 0.15) is 28.8 Å². The Labute approximate surface area is 120 Å². The molecule has 0 saturated carbocycles. The van der Waals surface area contributed by atoms with E-state index in [0.29, 0.717) is 10.1 Å². The third-order valence-electron chi connectivity index (χ3n) is 2.51. The maximum absolute atomic E-state index is 12.3. The van der Waals surface area contributed by atoms with E-state index in [0.717, 1.165) is 11.3 Å². The van der Waals surface area contributed by atoms with Gasteiger partial charge in [-0.25, -0.2) is 0 Å². The van der Waals surface area contributed by atoms with Gasteiger partial charge in [0, 0.05) is 4.70 Å². The number of benzene rings is 1. The van der Waals surface area contributed by atoms with Gasteiger partial charge in [0.05, 0.1) is 5.39 Å². The lowest BCUT2D eigenvalue weighted by Gasteiger charge is -2.07. The molecule has 1 aromatic heterocycles. The number of allylic oxidation sites excluding steroid dienone is 2. The van der Waals surface area contributed by atoms with Crippen molar-refractivity contribution < 1.29 is 18.3 Å². The van der Waals surface area contributed by atoms with Crippen LogP contribution >= 0.6 is 11.3 Å². The molecule has 2 aromatic rings. The van der Waals surface area contributed by atoms with Crippen molar-refractivity contribution in [3.8, 4) is 6.07 Å². The minimum Gasteiger partial charge on any atom is -0.510 e. The van der Waals surface area contributed by atoms with Crippen molar-refractivity contribution >= 4 is 27.0 Å². The van der Waals surface area contributed by atoms with Gasteiger partial charge in [0.2, 0.25) is 0 Å². The molecule has 0 spiro atoms. The summed E-state index contributed by atoms with van der Waals surface area (Å²) in [5.74, 6) is -1.15. The van der Waals surface area contributed by atoms with Crippen LogP contribution in [0.15, 0.2) is 34.8 Å². The first-order valence-corrected chi connectivity index (χ1v) is 6.42. The summed E-state index contributed by atoms with van der Waals surface area (Å²) >= 11 is 0.869. The Balaban J connectivity index is 2.61. The third-order valence-corrected chi connectivity index (χ3v) is 3.57. The van der Waals surface area contributed by atoms with Gasteiger partial charge >= 0.3 is 6.18 Å². The lowest BCUT2D eigenvalue weighted by Crippen LogP contribution is -2.11. The molecule has 0 aliphatic rings. The number of nitriles is 1. The summed E-state index contributed by atoms with van der Waals surface area (Å²) < 4.78 is 37.3. The molecule has 8 heteroatoms. The fourth-order valence-electron chi connectivity index (χ4n) is 1.63. The monoisotopic (exact) mass is 312 g/mol. The molecule has 0 unspecified atom stereocenters. The Kier molecular flexibility index (Phi) is 3.95. The lowest BCUT2D eigenvalue weighted by atomic mass is 10.2. The largest absolute Gasteiger partial charge is 0.510 e. The zero-order chi connectivity index (χ0) is 15.6. The van der Waals surface area contributed by atoms with E-state index in [4.69, 9.17) is 5.26 Å². The van der Waals surface area contributed by atoms with E-state index in [1.807, 2.05) is 0 Å². The number of nitrogens with zero attached hydrogens (tertiary/aromatic N) is 2. The topological polar surface area (TPSA) is 74.0 Å². The summed E-state index contributed by atoms with van der Waals surface area (Å²) in [4.78, 5) is 15.4. The summed E-state index contributed by atoms with van der Waals surface area (Å²) in [6.45, 7) is 0. The van der Waals surface area contributed by atoms with Crippen LogP contribution in [0.1, 0.15) is 11.4 Å². The number of aliphatic hydroxyl groups is 1. The number of aromatic nitrogens is 1. The van der Waals surface area contributed by atoms with E-state index in [-0.39, 0.29) is 5.01 Å². The molecule has 1 N–H and O–H groups in total. The average molecular weight is 312 g/mol. The number of halogens is 3. The molecule has 0 saturated heterocycles. The van der Waals surface area contributed by atoms with E-state index < -0.39 is 29.5 Å². The maximum atomic E-state index is 12.3. The zero-order valence-electron chi connectivity index (χ0n) is 10.3. The van der Waals surface area contributed by atoms with Gasteiger partial charge in [-0.3, -0.25) is 4.79 Å². The molecule has 21 heavy (non-hydrogen) atoms. The van der Waals surface area contributed by atoms with Crippen LogP contribution in [0.3, 0.4) is 0 Å². The first kappa shape index (κ1) is 15.0. The van der Waals surface area contributed by atoms with E-state index in [1.54, 1.807) is 18.2 Å². The summed E-state index contributed by atoms with van der Waals surface area (Å²) in [7, 11) is 0. The highest BCUT2D eigenvalue weighted by Gasteiger charge is 2.31. The summed E-state index contributed by atoms with van der Waals surface area (Å²) in [6, 6.07) is 7.85. The van der Waals surface area contributed by atoms with Crippen LogP contribution in [0.2, 0.25) is 0 Å². The Bertz CT molecular complexity index is 819. The maximum Gasteiger partial charge on any atom is 0.396 e. The molecule has 0 aliphatic heterocycles. The predicted octanol–water partition coefficient (Wildman–Crippen LogP) is 3.40. The van der Waals surface area contributed by atoms with Crippen molar-refractivity contribution in [2.24, 2.45) is 0 Å². The Morgan fingerprint density at radius 1 is 1.38 bits per heavy atom. The SMILES string of the molecule is N#C/C(=C(/O)CC(F)(F)F)c1nc(=O)c2ccccc2s1. The highest BCUT2D eigenvalue weighted by molar-refractivity contribution is 7.19. The van der Waals surface area contributed by atoms with E-state index in [1.165, 1.54) is 12.1 Å². The molecule has 0 bridgehead atoms. The van der Waals surface area contributed by atoms with E-state index >= 15 is 0 Å². The minimum absolute atomic E-state index is 0.233. The van der Waals surface area contributed by atoms with Gasteiger partial charge in [-0.15, -0.1) is 11.3 Å². The molecule has 0 aliphatic carbocycles. The summed E-state index contributed by atoms with van der Waals surface area (Å²) in [5, 5.41) is 18.5. The fourth-order valence-corrected chi connectivity index (χ4v) is 2.65. The molecule has 108 valence electrons. The van der Waals surface area contributed by atoms with Crippen LogP contribution < -0.4 is 5.56 Å². The van der Waals surface area contributed by atoms with Crippen molar-refractivity contribution in [3.63, 3.8) is 0 Å². The molecular weight excluding hydrogens is 305 g/mol. The minimum atomic E-state index is -4.66. The van der Waals surface area contributed by atoms with Crippen molar-refractivity contribution in [1.29, 1.82) is 5.26 Å². The number of hydrogen-bond donors (Lipinski definition) is 1. The molecular formula is C13H7F3N2O2S. The highest BCUT2D eigenvalue weighted by Crippen LogP contribution is 2.29. The second-order valence-electron chi connectivity index (χ2n) is 4.05. The quantitative estimate of drug-likeness (QED) is 0.681. The Morgan fingerprint density at radius 2 is 2.05 bits per heavy atom. The van der Waals surface area contributed by atoms with Gasteiger partial charge in [-0.1, -0.05) is 12.1 Å². The number of aliphatic hydroxyl groups excluding tert-OH is 1. The number of rotatable bonds is 2. The van der Waals surface area contributed by atoms with E-state index in [9.17, 15) is 23.1 Å². The van der Waals surface area contributed by atoms with Gasteiger partial charge in [0.25, 0.3) is 5.56 Å². The van der Waals surface area contributed by atoms with Crippen LogP contribution in [0.4, 0.5) is 13.2 Å². The summed E-state index contributed by atoms with van der Waals surface area (Å²) in [6.07, 6.45) is -6.31. The Hall–Kier alpha value is -2.40. The molecule has 1 heterocycles. The Morgan fingerprint density at radius 3 is 2.67 bits per heavy atom. The summed E-state index contributed by atoms with van der Waals surface area (Å²) in [5.41, 5.74) is -1.30. The van der Waals surface area contributed by atoms with E-state index in [2.05, 4.69) is 4.98 Å². The first-order valence-electron chi connectivity index (χ1n) is 5.61. The highest BCUT2D eigenvalue weighted by atomic mass is 32.1. The van der Waals surface area contributed by atoms with Crippen LogP contribution in [-0.2, 0) is 0 Å². The van der Waals surface area contributed by atoms with Crippen molar-refractivity contribution in [2.45, 2.75) is 12.6 Å². The molecule has 2 rings (SSSR count). The van der Waals surface area contributed by atoms with Crippen LogP contribution in [0.25, 0.3) is 15.7 Å². The smallest absolute Gasteiger partial charge is 0.396 e. The zero-order valence-corrected chi connectivity index (χ0v) is 11.1. The van der Waals surface area contributed by atoms with Gasteiger partial charge < -0.3 is 5.11 Å². The third kappa shape index (κ3) is 3.38. The molecule has 0 amide bonds. The van der Waals surface area contributed by atoms with Crippen LogP contribution in [0, 0.1) is 11.3 Å². The fraction of sp³-hybridized carbons (Fsp3) is 0.154. The van der Waals surface area contributed by atoms with Gasteiger partial charge in [-0.05, 0) is 12.1 Å². The number of fused-ring (bicyclic) bond motifs is 1. The average Bonchev–Trinajstić information content (AvgIpc) is 2.37. The first-order chi connectivity index (χ1) is 9.81. The van der Waals surface area contributed by atoms with Gasteiger partial charge in [-0.2, -0.15) is 23.4 Å². The molecule has 0 fully saturated rings. The molecule has 0 atom stereocenters. The number of alkyl halides is 3. The predicted molar refractivity (Wildman–Crippen MR) is 71.7 cm³/mol. The van der Waals surface area contributed by atoms with Crippen molar-refractivity contribution in [2.75, 3.05) is 0 Å². The molecule has 4 nitrogen and oxygen atoms in total. The number of hydrogen-bond acceptors (Lipinski definition) is 5. The van der Waals surface area contributed by atoms with Crippen LogP contribution in [0.5, 0.6) is 0 Å². The standard InChI is InChI=1S/C13H7F3N2O2S/c14-13(15,16)5-9(19)8(6-17)12-18-11(20)7-3-1-2-4-10(7)21-12/h1-4,19H,5H2/b9-8-. The van der Waals surface area contributed by atoms with Crippen molar-refractivity contribution in [3.05, 3.63) is 45.4 Å². The van der Waals surface area contributed by atoms with Crippen molar-refractivity contribution in [1.82, 2.24) is 4.98 Å². The normalized spacial score (nSPS) is 12.9. The van der Waals surface area contributed by atoms with Gasteiger partial charge in [0.15, 0.2) is 0 Å². The van der Waals surface area contributed by atoms with Crippen LogP contribution in [-0.4, -0.2) is 16.3 Å². The molecule has 1 aromatic carbocycles. The lowest BCUT2D eigenvalue weighted by molar-refractivity contribution is -0.132. The second kappa shape index (κ2) is 5.54. The molecule has 0 radical (unpaired) electrons.